The molecular weight excluding hydrogens is 384 g/mol. The van der Waals surface area contributed by atoms with Crippen LogP contribution in [0, 0.1) is 20.8 Å². The third-order valence-electron chi connectivity index (χ3n) is 4.09. The van der Waals surface area contributed by atoms with Crippen molar-refractivity contribution < 1.29 is 28.7 Å². The summed E-state index contributed by atoms with van der Waals surface area (Å²) in [7, 11) is 0. The molecule has 152 valence electrons. The molecule has 0 unspecified atom stereocenters. The highest BCUT2D eigenvalue weighted by Crippen LogP contribution is 2.24. The fourth-order valence-corrected chi connectivity index (χ4v) is 3.59. The van der Waals surface area contributed by atoms with Crippen LogP contribution >= 0.6 is 11.8 Å². The summed E-state index contributed by atoms with van der Waals surface area (Å²) in [6, 6.07) is 3.91. The van der Waals surface area contributed by atoms with E-state index < -0.39 is 18.0 Å². The van der Waals surface area contributed by atoms with E-state index in [-0.39, 0.29) is 36.6 Å². The first-order valence-electron chi connectivity index (χ1n) is 8.84. The Bertz CT molecular complexity index is 756. The van der Waals surface area contributed by atoms with Gasteiger partial charge < -0.3 is 14.8 Å². The molecule has 28 heavy (non-hydrogen) atoms. The molecule has 1 heterocycles. The van der Waals surface area contributed by atoms with Crippen LogP contribution in [0.25, 0.3) is 0 Å². The van der Waals surface area contributed by atoms with Gasteiger partial charge in [0, 0.05) is 13.1 Å². The maximum Gasteiger partial charge on any atom is 0.344 e. The van der Waals surface area contributed by atoms with Gasteiger partial charge in [-0.25, -0.2) is 4.79 Å². The fraction of sp³-hybridized carbons (Fsp3) is 0.474. The molecule has 0 aliphatic carbocycles. The molecular formula is C19H24N2O6S. The Hall–Kier alpha value is -2.55. The third-order valence-corrected chi connectivity index (χ3v) is 4.95. The SMILES string of the molecule is Cc1cc(C)c(OCC(=O)O[C@@H](C)C(=O)NCCN2C(=O)CSC2=O)c(C)c1. The van der Waals surface area contributed by atoms with E-state index in [1.807, 2.05) is 32.9 Å². The van der Waals surface area contributed by atoms with Gasteiger partial charge in [0.25, 0.3) is 11.1 Å². The van der Waals surface area contributed by atoms with E-state index in [0.717, 1.165) is 33.4 Å². The second-order valence-corrected chi connectivity index (χ2v) is 7.47. The average molecular weight is 408 g/mol. The van der Waals surface area contributed by atoms with E-state index in [1.54, 1.807) is 0 Å². The number of thioether (sulfide) groups is 1. The first-order valence-corrected chi connectivity index (χ1v) is 9.82. The smallest absolute Gasteiger partial charge is 0.344 e. The number of benzene rings is 1. The zero-order valence-electron chi connectivity index (χ0n) is 16.4. The van der Waals surface area contributed by atoms with Gasteiger partial charge in [-0.3, -0.25) is 19.3 Å². The van der Waals surface area contributed by atoms with Crippen LogP contribution in [0.3, 0.4) is 0 Å². The Labute approximate surface area is 167 Å². The second-order valence-electron chi connectivity index (χ2n) is 6.54. The third kappa shape index (κ3) is 5.72. The van der Waals surface area contributed by atoms with Crippen molar-refractivity contribution in [3.05, 3.63) is 28.8 Å². The van der Waals surface area contributed by atoms with Crippen LogP contribution in [0.4, 0.5) is 4.79 Å². The van der Waals surface area contributed by atoms with Gasteiger partial charge in [0.15, 0.2) is 12.7 Å². The first-order chi connectivity index (χ1) is 13.2. The maximum absolute atomic E-state index is 12.0. The molecule has 0 aromatic heterocycles. The number of imide groups is 1. The summed E-state index contributed by atoms with van der Waals surface area (Å²) < 4.78 is 10.6. The summed E-state index contributed by atoms with van der Waals surface area (Å²) in [5, 5.41) is 2.22. The molecule has 0 spiro atoms. The normalized spacial score (nSPS) is 14.8. The Balaban J connectivity index is 1.75. The second kappa shape index (κ2) is 9.59. The van der Waals surface area contributed by atoms with Crippen LogP contribution < -0.4 is 10.1 Å². The zero-order chi connectivity index (χ0) is 20.8. The lowest BCUT2D eigenvalue weighted by atomic mass is 10.1. The predicted molar refractivity (Wildman–Crippen MR) is 104 cm³/mol. The number of hydrogen-bond acceptors (Lipinski definition) is 7. The van der Waals surface area contributed by atoms with Crippen molar-refractivity contribution in [3.8, 4) is 5.75 Å². The molecule has 3 amide bonds. The topological polar surface area (TPSA) is 102 Å². The summed E-state index contributed by atoms with van der Waals surface area (Å²) in [6.45, 7) is 7.08. The van der Waals surface area contributed by atoms with Gasteiger partial charge in [-0.05, 0) is 38.8 Å². The van der Waals surface area contributed by atoms with Crippen LogP contribution in [0.2, 0.25) is 0 Å². The number of nitrogens with one attached hydrogen (secondary N) is 1. The lowest BCUT2D eigenvalue weighted by Crippen LogP contribution is -2.42. The molecule has 0 bridgehead atoms. The van der Waals surface area contributed by atoms with E-state index in [0.29, 0.717) is 5.75 Å². The Morgan fingerprint density at radius 3 is 2.43 bits per heavy atom. The van der Waals surface area contributed by atoms with E-state index in [4.69, 9.17) is 9.47 Å². The standard InChI is InChI=1S/C19H24N2O6S/c1-11-7-12(2)17(13(3)8-11)26-9-16(23)27-14(4)18(24)20-5-6-21-15(22)10-28-19(21)25/h7-8,14H,5-6,9-10H2,1-4H3,(H,20,24)/t14-/m0/s1. The summed E-state index contributed by atoms with van der Waals surface area (Å²) in [6.07, 6.45) is -1.02. The summed E-state index contributed by atoms with van der Waals surface area (Å²) in [5.41, 5.74) is 2.94. The minimum atomic E-state index is -1.02. The molecule has 1 N–H and O–H groups in total. The minimum absolute atomic E-state index is 0.0894. The highest BCUT2D eigenvalue weighted by Gasteiger charge is 2.29. The fourth-order valence-electron chi connectivity index (χ4n) is 2.84. The van der Waals surface area contributed by atoms with Gasteiger partial charge in [-0.15, -0.1) is 0 Å². The first kappa shape index (κ1) is 21.7. The van der Waals surface area contributed by atoms with Crippen LogP contribution in [-0.2, 0) is 19.1 Å². The lowest BCUT2D eigenvalue weighted by Gasteiger charge is -2.17. The van der Waals surface area contributed by atoms with E-state index in [9.17, 15) is 19.2 Å². The van der Waals surface area contributed by atoms with Gasteiger partial charge >= 0.3 is 5.97 Å². The summed E-state index contributed by atoms with van der Waals surface area (Å²) in [4.78, 5) is 48.0. The molecule has 1 aromatic rings. The number of carbonyl (C=O) groups excluding carboxylic acids is 4. The van der Waals surface area contributed by atoms with Gasteiger partial charge in [0.2, 0.25) is 5.91 Å². The minimum Gasteiger partial charge on any atom is -0.481 e. The number of aryl methyl sites for hydroxylation is 3. The molecule has 8 nitrogen and oxygen atoms in total. The molecule has 1 aliphatic heterocycles. The number of amides is 3. The molecule has 1 saturated heterocycles. The molecule has 1 fully saturated rings. The Kier molecular flexibility index (Phi) is 7.45. The summed E-state index contributed by atoms with van der Waals surface area (Å²) in [5.74, 6) is -0.702. The molecule has 0 radical (unpaired) electrons. The number of carbonyl (C=O) groups is 4. The van der Waals surface area contributed by atoms with Gasteiger partial charge in [0.1, 0.15) is 5.75 Å². The number of hydrogen-bond donors (Lipinski definition) is 1. The lowest BCUT2D eigenvalue weighted by molar-refractivity contribution is -0.156. The monoisotopic (exact) mass is 408 g/mol. The quantitative estimate of drug-likeness (QED) is 0.654. The highest BCUT2D eigenvalue weighted by molar-refractivity contribution is 8.14. The van der Waals surface area contributed by atoms with Crippen LogP contribution in [0.15, 0.2) is 12.1 Å². The molecule has 0 saturated carbocycles. The van der Waals surface area contributed by atoms with Crippen molar-refractivity contribution in [2.45, 2.75) is 33.8 Å². The van der Waals surface area contributed by atoms with Crippen molar-refractivity contribution in [1.29, 1.82) is 0 Å². The van der Waals surface area contributed by atoms with Crippen molar-refractivity contribution >= 4 is 34.8 Å². The maximum atomic E-state index is 12.0. The van der Waals surface area contributed by atoms with Crippen LogP contribution in [0.1, 0.15) is 23.6 Å². The molecule has 1 atom stereocenters. The van der Waals surface area contributed by atoms with E-state index in [1.165, 1.54) is 6.92 Å². The zero-order valence-corrected chi connectivity index (χ0v) is 17.2. The number of esters is 1. The van der Waals surface area contributed by atoms with Crippen molar-refractivity contribution in [2.75, 3.05) is 25.4 Å². The van der Waals surface area contributed by atoms with Crippen molar-refractivity contribution in [2.24, 2.45) is 0 Å². The molecule has 1 aromatic carbocycles. The van der Waals surface area contributed by atoms with Crippen LogP contribution in [-0.4, -0.2) is 59.5 Å². The average Bonchev–Trinajstić information content (AvgIpc) is 2.92. The molecule has 1 aliphatic rings. The van der Waals surface area contributed by atoms with Gasteiger partial charge in [-0.2, -0.15) is 0 Å². The Morgan fingerprint density at radius 1 is 1.21 bits per heavy atom. The van der Waals surface area contributed by atoms with Crippen LogP contribution in [0.5, 0.6) is 5.75 Å². The number of rotatable bonds is 8. The predicted octanol–water partition coefficient (Wildman–Crippen LogP) is 1.73. The largest absolute Gasteiger partial charge is 0.481 e. The highest BCUT2D eigenvalue weighted by atomic mass is 32.2. The van der Waals surface area contributed by atoms with Gasteiger partial charge in [-0.1, -0.05) is 29.5 Å². The number of ether oxygens (including phenoxy) is 2. The summed E-state index contributed by atoms with van der Waals surface area (Å²) >= 11 is 0.935. The number of nitrogens with zero attached hydrogens (tertiary/aromatic N) is 1. The Morgan fingerprint density at radius 2 is 1.86 bits per heavy atom. The van der Waals surface area contributed by atoms with Gasteiger partial charge in [0.05, 0.1) is 5.75 Å². The van der Waals surface area contributed by atoms with E-state index in [2.05, 4.69) is 5.32 Å². The van der Waals surface area contributed by atoms with Crippen molar-refractivity contribution in [1.82, 2.24) is 10.2 Å². The molecule has 2 rings (SSSR count). The van der Waals surface area contributed by atoms with E-state index >= 15 is 0 Å². The van der Waals surface area contributed by atoms with Crippen molar-refractivity contribution in [3.63, 3.8) is 0 Å². The molecule has 9 heteroatoms.